The van der Waals surface area contributed by atoms with Crippen molar-refractivity contribution in [1.82, 2.24) is 19.5 Å². The molecule has 1 aliphatic heterocycles. The van der Waals surface area contributed by atoms with Gasteiger partial charge in [-0.1, -0.05) is 11.8 Å². The van der Waals surface area contributed by atoms with Crippen LogP contribution in [0.15, 0.2) is 11.5 Å². The van der Waals surface area contributed by atoms with Crippen LogP contribution in [0.1, 0.15) is 6.23 Å². The number of nitrogen functional groups attached to an aromatic ring is 1. The Morgan fingerprint density at radius 1 is 1.34 bits per heavy atom. The first-order valence-corrected chi connectivity index (χ1v) is 12.1. The number of imidazole rings is 1. The number of ether oxygens (including phenoxy) is 1. The fourth-order valence-corrected chi connectivity index (χ4v) is 4.74. The summed E-state index contributed by atoms with van der Waals surface area (Å²) in [7, 11) is -4.73. The number of aromatic nitrogens is 4. The number of fused-ring (bicyclic) bond motifs is 1. The summed E-state index contributed by atoms with van der Waals surface area (Å²) in [5, 5.41) is 20.9. The summed E-state index contributed by atoms with van der Waals surface area (Å²) < 4.78 is 37.9. The second kappa shape index (κ2) is 8.23. The predicted molar refractivity (Wildman–Crippen MR) is 99.9 cm³/mol. The average molecular weight is 467 g/mol. The molecule has 18 heteroatoms. The lowest BCUT2D eigenvalue weighted by Gasteiger charge is -2.19. The van der Waals surface area contributed by atoms with Gasteiger partial charge in [-0.05, 0) is 6.26 Å². The van der Waals surface area contributed by atoms with Crippen molar-refractivity contribution < 1.29 is 42.7 Å². The molecule has 29 heavy (non-hydrogen) atoms. The van der Waals surface area contributed by atoms with Crippen LogP contribution in [-0.2, 0) is 22.7 Å². The van der Waals surface area contributed by atoms with Gasteiger partial charge in [0.1, 0.15) is 23.8 Å². The van der Waals surface area contributed by atoms with Crippen molar-refractivity contribution in [1.29, 1.82) is 0 Å². The Hall–Kier alpha value is -1.06. The van der Waals surface area contributed by atoms with Crippen LogP contribution in [0, 0.1) is 0 Å². The number of hydrogen-bond acceptors (Lipinski definition) is 12. The Morgan fingerprint density at radius 2 is 2.03 bits per heavy atom. The highest BCUT2D eigenvalue weighted by Gasteiger charge is 2.45. The van der Waals surface area contributed by atoms with Crippen LogP contribution in [0.2, 0.25) is 0 Å². The van der Waals surface area contributed by atoms with Crippen LogP contribution >= 0.6 is 27.1 Å². The molecular weight excluding hydrogens is 451 g/mol. The molecule has 158 valence electrons. The minimum absolute atomic E-state index is 0.115. The molecule has 1 saturated heterocycles. The van der Waals surface area contributed by atoms with Crippen LogP contribution < -0.4 is 5.73 Å². The number of hydrogen-bond donors (Lipinski definition) is 5. The molecule has 2 aromatic rings. The van der Waals surface area contributed by atoms with Crippen LogP contribution in [0.5, 0.6) is 0 Å². The fraction of sp³-hybridized carbons (Fsp3) is 0.545. The number of anilines is 1. The first-order chi connectivity index (χ1) is 13.4. The van der Waals surface area contributed by atoms with Gasteiger partial charge in [0, 0.05) is 0 Å². The lowest BCUT2D eigenvalue weighted by molar-refractivity contribution is -0.0479. The molecule has 0 aliphatic carbocycles. The molecule has 2 radical (unpaired) electrons. The van der Waals surface area contributed by atoms with Gasteiger partial charge in [-0.3, -0.25) is 9.13 Å². The lowest BCUT2D eigenvalue weighted by Crippen LogP contribution is -2.33. The molecule has 0 amide bonds. The molecule has 0 aromatic carbocycles. The van der Waals surface area contributed by atoms with E-state index in [1.54, 1.807) is 6.26 Å². The van der Waals surface area contributed by atoms with Crippen LogP contribution in [0.3, 0.4) is 0 Å². The minimum Gasteiger partial charge on any atom is -0.387 e. The van der Waals surface area contributed by atoms with E-state index in [2.05, 4.69) is 23.8 Å². The van der Waals surface area contributed by atoms with Crippen LogP contribution in [0.25, 0.3) is 11.2 Å². The maximum Gasteiger partial charge on any atom is 0.476 e. The van der Waals surface area contributed by atoms with Gasteiger partial charge in [-0.25, -0.2) is 23.8 Å². The topological polar surface area (TPSA) is 212 Å². The molecule has 3 rings (SSSR count). The van der Waals surface area contributed by atoms with Gasteiger partial charge in [0.2, 0.25) is 7.57 Å². The summed E-state index contributed by atoms with van der Waals surface area (Å²) in [6.45, 7) is -0.692. The highest BCUT2D eigenvalue weighted by atomic mass is 32.2. The Labute approximate surface area is 168 Å². The van der Waals surface area contributed by atoms with E-state index >= 15 is 0 Å². The largest absolute Gasteiger partial charge is 0.476 e. The highest BCUT2D eigenvalue weighted by molar-refractivity contribution is 7.98. The highest BCUT2D eigenvalue weighted by Crippen LogP contribution is 2.57. The number of rotatable bonds is 7. The van der Waals surface area contributed by atoms with Gasteiger partial charge in [0.25, 0.3) is 7.47 Å². The molecule has 1 aliphatic rings. The molecule has 5 unspecified atom stereocenters. The number of aliphatic hydroxyl groups is 2. The second-order valence-electron chi connectivity index (χ2n) is 5.87. The van der Waals surface area contributed by atoms with Crippen molar-refractivity contribution in [2.75, 3.05) is 18.6 Å². The van der Waals surface area contributed by atoms with Gasteiger partial charge >= 0.3 is 7.82 Å². The zero-order valence-corrected chi connectivity index (χ0v) is 17.3. The van der Waals surface area contributed by atoms with E-state index < -0.39 is 46.4 Å². The predicted octanol–water partition coefficient (Wildman–Crippen LogP) is -0.848. The average Bonchev–Trinajstić information content (AvgIpc) is 3.13. The van der Waals surface area contributed by atoms with E-state index in [-0.39, 0.29) is 17.0 Å². The van der Waals surface area contributed by atoms with E-state index in [0.717, 1.165) is 0 Å². The zero-order chi connectivity index (χ0) is 21.6. The van der Waals surface area contributed by atoms with Crippen molar-refractivity contribution in [2.45, 2.75) is 29.7 Å². The fourth-order valence-electron chi connectivity index (χ4n) is 2.64. The Balaban J connectivity index is 1.80. The smallest absolute Gasteiger partial charge is 0.387 e. The normalized spacial score (nSPS) is 27.3. The molecule has 2 aromatic heterocycles. The monoisotopic (exact) mass is 467 g/mol. The standard InChI is InChI=1S/C11H16BN5O9P2S/c1-29-11-15-8(13)5-9(16-11)17(3-14-5)10-7(19)6(18)4(25-10)2-24-27(12,20)26-28(21,22)23/h3-4,6-7,10,18-19H,2H2,1H3,(H2,13,15,16)(H2,21,22,23). The van der Waals surface area contributed by atoms with Crippen molar-refractivity contribution in [2.24, 2.45) is 0 Å². The molecule has 0 bridgehead atoms. The van der Waals surface area contributed by atoms with E-state index in [9.17, 15) is 19.3 Å². The third kappa shape index (κ3) is 4.99. The molecule has 14 nitrogen and oxygen atoms in total. The summed E-state index contributed by atoms with van der Waals surface area (Å²) in [4.78, 5) is 29.7. The van der Waals surface area contributed by atoms with Crippen molar-refractivity contribution in [3.8, 4) is 0 Å². The van der Waals surface area contributed by atoms with E-state index in [1.807, 2.05) is 0 Å². The van der Waals surface area contributed by atoms with Gasteiger partial charge < -0.3 is 35.0 Å². The maximum absolute atomic E-state index is 11.8. The third-order valence-corrected chi connectivity index (χ3v) is 6.68. The second-order valence-corrected chi connectivity index (χ2v) is 9.62. The van der Waals surface area contributed by atoms with Crippen molar-refractivity contribution in [3.63, 3.8) is 0 Å². The Morgan fingerprint density at radius 3 is 2.66 bits per heavy atom. The maximum atomic E-state index is 11.8. The molecule has 0 spiro atoms. The Kier molecular flexibility index (Phi) is 6.42. The summed E-state index contributed by atoms with van der Waals surface area (Å²) in [6.07, 6.45) is -2.41. The van der Waals surface area contributed by atoms with Gasteiger partial charge in [-0.15, -0.1) is 0 Å². The van der Waals surface area contributed by atoms with Gasteiger partial charge in [-0.2, -0.15) is 0 Å². The summed E-state index contributed by atoms with van der Waals surface area (Å²) in [5.74, 6) is 0.115. The molecule has 5 atom stereocenters. The summed E-state index contributed by atoms with van der Waals surface area (Å²) in [6, 6.07) is 0. The molecule has 0 saturated carbocycles. The first kappa shape index (κ1) is 22.6. The molecule has 6 N–H and O–H groups in total. The quantitative estimate of drug-likeness (QED) is 0.145. The van der Waals surface area contributed by atoms with Crippen LogP contribution in [-0.4, -0.2) is 78.3 Å². The lowest BCUT2D eigenvalue weighted by atomic mass is 10.1. The van der Waals surface area contributed by atoms with E-state index in [4.69, 9.17) is 27.8 Å². The number of phosphoric acid groups is 1. The van der Waals surface area contributed by atoms with E-state index in [1.165, 1.54) is 22.7 Å². The summed E-state index contributed by atoms with van der Waals surface area (Å²) in [5.41, 5.74) is 6.35. The number of nitrogens with two attached hydrogens (primary N) is 1. The molecule has 3 heterocycles. The molecular formula is C11H16BN5O9P2S. The summed E-state index contributed by atoms with van der Waals surface area (Å²) >= 11 is 1.23. The number of aliphatic hydroxyl groups excluding tert-OH is 2. The van der Waals surface area contributed by atoms with Gasteiger partial charge in [0.05, 0.1) is 12.9 Å². The first-order valence-electron chi connectivity index (χ1n) is 7.77. The van der Waals surface area contributed by atoms with Crippen molar-refractivity contribution >= 4 is 51.6 Å². The number of thioether (sulfide) groups is 1. The van der Waals surface area contributed by atoms with Crippen molar-refractivity contribution in [3.05, 3.63) is 6.33 Å². The minimum atomic E-state index is -5.17. The van der Waals surface area contributed by atoms with Gasteiger partial charge in [0.15, 0.2) is 22.8 Å². The van der Waals surface area contributed by atoms with Crippen LogP contribution in [0.4, 0.5) is 5.82 Å². The molecule has 1 fully saturated rings. The van der Waals surface area contributed by atoms with E-state index in [0.29, 0.717) is 5.16 Å². The third-order valence-electron chi connectivity index (χ3n) is 3.86. The Bertz CT molecular complexity index is 1000. The number of nitrogens with zero attached hydrogens (tertiary/aromatic N) is 4. The SMILES string of the molecule is [B]P(=O)(OCC1OC(n2cnc3c(N)nc(SC)nc32)C(O)C1O)OP(=O)(O)O. The zero-order valence-electron chi connectivity index (χ0n) is 14.7.